The topological polar surface area (TPSA) is 33.5 Å². The van der Waals surface area contributed by atoms with Crippen LogP contribution in [0.5, 0.6) is 0 Å². The number of hydrogen-bond donors (Lipinski definition) is 0. The lowest BCUT2D eigenvalue weighted by Crippen LogP contribution is -2.26. The van der Waals surface area contributed by atoms with E-state index in [1.807, 2.05) is 12.1 Å². The molecule has 1 fully saturated rings. The van der Waals surface area contributed by atoms with E-state index in [9.17, 15) is 18.0 Å². The van der Waals surface area contributed by atoms with Crippen molar-refractivity contribution in [1.29, 1.82) is 0 Å². The first-order valence-electron chi connectivity index (χ1n) is 9.08. The molecule has 2 aromatic carbocycles. The minimum absolute atomic E-state index is 0.119. The molecule has 0 bridgehead atoms. The Balaban J connectivity index is 1.56. The van der Waals surface area contributed by atoms with E-state index in [0.717, 1.165) is 29.5 Å². The maximum Gasteiger partial charge on any atom is 0.416 e. The zero-order valence-electron chi connectivity index (χ0n) is 16.0. The average molecular weight is 514 g/mol. The second-order valence-electron chi connectivity index (χ2n) is 6.79. The minimum Gasteiger partial charge on any atom is -0.457 e. The number of halogens is 5. The highest BCUT2D eigenvalue weighted by Gasteiger charge is 2.33. The Morgan fingerprint density at radius 3 is 2.47 bits per heavy atom. The van der Waals surface area contributed by atoms with Crippen molar-refractivity contribution in [2.75, 3.05) is 0 Å². The van der Waals surface area contributed by atoms with E-state index in [-0.39, 0.29) is 21.6 Å². The smallest absolute Gasteiger partial charge is 0.416 e. The third-order valence-electron chi connectivity index (χ3n) is 4.59. The Labute approximate surface area is 200 Å². The van der Waals surface area contributed by atoms with Crippen LogP contribution in [0.4, 0.5) is 18.0 Å². The third-order valence-corrected chi connectivity index (χ3v) is 6.66. The van der Waals surface area contributed by atoms with E-state index < -0.39 is 11.7 Å². The van der Waals surface area contributed by atoms with Crippen LogP contribution < -0.4 is 0 Å². The van der Waals surface area contributed by atoms with Gasteiger partial charge in [0.15, 0.2) is 0 Å². The summed E-state index contributed by atoms with van der Waals surface area (Å²) in [5.41, 5.74) is 0.156. The summed E-state index contributed by atoms with van der Waals surface area (Å²) in [4.78, 5) is 14.7. The first-order valence-corrected chi connectivity index (χ1v) is 11.1. The van der Waals surface area contributed by atoms with Crippen molar-refractivity contribution in [3.8, 4) is 11.3 Å². The number of alkyl halides is 3. The first kappa shape index (κ1) is 22.9. The van der Waals surface area contributed by atoms with E-state index in [2.05, 4.69) is 0 Å². The highest BCUT2D eigenvalue weighted by molar-refractivity contribution is 8.19. The molecule has 10 heteroatoms. The van der Waals surface area contributed by atoms with Gasteiger partial charge in [-0.1, -0.05) is 47.6 Å². The monoisotopic (exact) mass is 513 g/mol. The van der Waals surface area contributed by atoms with E-state index >= 15 is 0 Å². The molecule has 3 nitrogen and oxygen atoms in total. The van der Waals surface area contributed by atoms with Crippen molar-refractivity contribution in [3.63, 3.8) is 0 Å². The molecule has 0 unspecified atom stereocenters. The van der Waals surface area contributed by atoms with Crippen LogP contribution in [-0.4, -0.2) is 15.1 Å². The van der Waals surface area contributed by atoms with Gasteiger partial charge in [-0.3, -0.25) is 9.69 Å². The number of thiocarbonyl (C=S) groups is 1. The summed E-state index contributed by atoms with van der Waals surface area (Å²) in [6.45, 7) is 0.294. The number of hydrogen-bond acceptors (Lipinski definition) is 4. The molecule has 0 saturated carbocycles. The van der Waals surface area contributed by atoms with Crippen LogP contribution in [-0.2, 0) is 12.7 Å². The van der Waals surface area contributed by atoms with Gasteiger partial charge in [-0.25, -0.2) is 0 Å². The van der Waals surface area contributed by atoms with E-state index in [1.165, 1.54) is 17.0 Å². The number of furan rings is 1. The normalized spacial score (nSPS) is 15.8. The molecule has 0 radical (unpaired) electrons. The summed E-state index contributed by atoms with van der Waals surface area (Å²) < 4.78 is 44.8. The minimum atomic E-state index is -4.50. The fraction of sp³-hybridized carbons (Fsp3) is 0.0909. The van der Waals surface area contributed by atoms with Crippen LogP contribution >= 0.6 is 47.2 Å². The summed E-state index contributed by atoms with van der Waals surface area (Å²) in [5, 5.41) is 0.485. The van der Waals surface area contributed by atoms with Crippen LogP contribution in [0, 0.1) is 0 Å². The summed E-state index contributed by atoms with van der Waals surface area (Å²) >= 11 is 18.4. The van der Waals surface area contributed by atoms with Gasteiger partial charge in [0.25, 0.3) is 5.24 Å². The summed E-state index contributed by atoms with van der Waals surface area (Å²) in [7, 11) is 0. The summed E-state index contributed by atoms with van der Waals surface area (Å²) in [5.74, 6) is 0.505. The lowest BCUT2D eigenvalue weighted by Gasteiger charge is -2.14. The van der Waals surface area contributed by atoms with Gasteiger partial charge >= 0.3 is 6.18 Å². The number of thioether (sulfide) groups is 1. The van der Waals surface area contributed by atoms with Gasteiger partial charge in [0.1, 0.15) is 16.5 Å². The van der Waals surface area contributed by atoms with Crippen LogP contribution in [0.3, 0.4) is 0 Å². The zero-order valence-corrected chi connectivity index (χ0v) is 19.1. The van der Waals surface area contributed by atoms with Crippen LogP contribution in [0.1, 0.15) is 16.9 Å². The molecule has 1 aromatic heterocycles. The summed E-state index contributed by atoms with van der Waals surface area (Å²) in [6.07, 6.45) is -2.92. The molecule has 4 rings (SSSR count). The largest absolute Gasteiger partial charge is 0.457 e. The quantitative estimate of drug-likeness (QED) is 0.259. The van der Waals surface area contributed by atoms with Gasteiger partial charge in [0.05, 0.1) is 22.0 Å². The Kier molecular flexibility index (Phi) is 6.40. The summed E-state index contributed by atoms with van der Waals surface area (Å²) in [6, 6.07) is 13.2. The number of nitrogens with zero attached hydrogens (tertiary/aromatic N) is 1. The van der Waals surface area contributed by atoms with Gasteiger partial charge in [0, 0.05) is 10.6 Å². The standard InChI is InChI=1S/C22H12Cl2F3NO2S2/c23-14-4-1-12(2-5-14)11-28-20(31)19(32-21(28)29)10-15-6-8-18(30-15)16-9-13(22(25,26)27)3-7-17(16)24/h1-10H,11H2/b19-10-. The van der Waals surface area contributed by atoms with Gasteiger partial charge < -0.3 is 4.42 Å². The SMILES string of the molecule is O=C1S/C(=C\c2ccc(-c3cc(C(F)(F)F)ccc3Cl)o2)C(=S)N1Cc1ccc(Cl)cc1. The third kappa shape index (κ3) is 4.88. The molecule has 0 atom stereocenters. The van der Waals surface area contributed by atoms with Crippen molar-refractivity contribution in [1.82, 2.24) is 4.90 Å². The van der Waals surface area contributed by atoms with Crippen LogP contribution in [0.25, 0.3) is 17.4 Å². The highest BCUT2D eigenvalue weighted by atomic mass is 35.5. The Morgan fingerprint density at radius 2 is 1.78 bits per heavy atom. The molecular weight excluding hydrogens is 502 g/mol. The molecule has 32 heavy (non-hydrogen) atoms. The Hall–Kier alpha value is -2.26. The van der Waals surface area contributed by atoms with Gasteiger partial charge in [0.2, 0.25) is 0 Å². The second-order valence-corrected chi connectivity index (χ2v) is 9.01. The molecule has 0 spiro atoms. The predicted molar refractivity (Wildman–Crippen MR) is 125 cm³/mol. The van der Waals surface area contributed by atoms with Crippen molar-refractivity contribution < 1.29 is 22.4 Å². The van der Waals surface area contributed by atoms with Gasteiger partial charge in [-0.15, -0.1) is 0 Å². The van der Waals surface area contributed by atoms with Crippen molar-refractivity contribution in [2.45, 2.75) is 12.7 Å². The van der Waals surface area contributed by atoms with Crippen LogP contribution in [0.2, 0.25) is 10.0 Å². The lowest BCUT2D eigenvalue weighted by molar-refractivity contribution is -0.137. The number of carbonyl (C=O) groups excluding carboxylic acids is 1. The van der Waals surface area contributed by atoms with Gasteiger partial charge in [-0.05, 0) is 65.9 Å². The van der Waals surface area contributed by atoms with E-state index in [4.69, 9.17) is 39.8 Å². The Bertz CT molecular complexity index is 1240. The van der Waals surface area contributed by atoms with Crippen molar-refractivity contribution >= 4 is 63.5 Å². The molecule has 164 valence electrons. The predicted octanol–water partition coefficient (Wildman–Crippen LogP) is 8.31. The number of rotatable bonds is 4. The molecule has 1 aliphatic rings. The fourth-order valence-electron chi connectivity index (χ4n) is 3.00. The number of benzene rings is 2. The van der Waals surface area contributed by atoms with E-state index in [0.29, 0.717) is 27.2 Å². The van der Waals surface area contributed by atoms with Crippen molar-refractivity contribution in [3.05, 3.63) is 86.4 Å². The zero-order chi connectivity index (χ0) is 23.0. The maximum atomic E-state index is 13.0. The molecule has 0 aliphatic carbocycles. The average Bonchev–Trinajstić information content (AvgIpc) is 3.29. The van der Waals surface area contributed by atoms with Crippen LogP contribution in [0.15, 0.2) is 63.9 Å². The number of amides is 1. The molecule has 3 aromatic rings. The first-order chi connectivity index (χ1) is 15.1. The molecule has 2 heterocycles. The fourth-order valence-corrected chi connectivity index (χ4v) is 4.56. The van der Waals surface area contributed by atoms with Crippen molar-refractivity contribution in [2.24, 2.45) is 0 Å². The second kappa shape index (κ2) is 8.94. The lowest BCUT2D eigenvalue weighted by atomic mass is 10.1. The highest BCUT2D eigenvalue weighted by Crippen LogP contribution is 2.38. The van der Waals surface area contributed by atoms with E-state index in [1.54, 1.807) is 24.3 Å². The number of carbonyl (C=O) groups is 1. The molecular formula is C22H12Cl2F3NO2S2. The maximum absolute atomic E-state index is 13.0. The Morgan fingerprint density at radius 1 is 1.06 bits per heavy atom. The molecule has 0 N–H and O–H groups in total. The molecule has 1 aliphatic heterocycles. The molecule has 1 saturated heterocycles. The van der Waals surface area contributed by atoms with Gasteiger partial charge in [-0.2, -0.15) is 13.2 Å². The molecule has 1 amide bonds.